The first kappa shape index (κ1) is 78.7. The van der Waals surface area contributed by atoms with Gasteiger partial charge >= 0.3 is 7.82 Å². The zero-order valence-corrected chi connectivity index (χ0v) is 55.2. The zero-order chi connectivity index (χ0) is 58.4. The molecule has 474 valence electrons. The Kier molecular flexibility index (Phi) is 61.3. The Hall–Kier alpha value is -1.28. The van der Waals surface area contributed by atoms with Crippen molar-refractivity contribution in [3.63, 3.8) is 0 Å². The van der Waals surface area contributed by atoms with Gasteiger partial charge in [-0.1, -0.05) is 346 Å². The highest BCUT2D eigenvalue weighted by Gasteiger charge is 2.28. The van der Waals surface area contributed by atoms with Gasteiger partial charge in [-0.05, 0) is 44.9 Å². The predicted octanol–water partition coefficient (Wildman–Crippen LogP) is 22.4. The lowest BCUT2D eigenvalue weighted by Crippen LogP contribution is -2.45. The highest BCUT2D eigenvalue weighted by Crippen LogP contribution is 2.43. The van der Waals surface area contributed by atoms with Crippen molar-refractivity contribution in [3.05, 3.63) is 36.5 Å². The molecule has 1 amide bonds. The minimum Gasteiger partial charge on any atom is -0.387 e. The van der Waals surface area contributed by atoms with Crippen molar-refractivity contribution in [2.45, 2.75) is 373 Å². The molecule has 3 unspecified atom stereocenters. The Morgan fingerprint density at radius 1 is 0.412 bits per heavy atom. The molecule has 0 aromatic carbocycles. The van der Waals surface area contributed by atoms with Gasteiger partial charge in [0.05, 0.1) is 39.9 Å². The lowest BCUT2D eigenvalue weighted by molar-refractivity contribution is -0.870. The molecule has 0 aliphatic rings. The highest BCUT2D eigenvalue weighted by molar-refractivity contribution is 7.47. The third-order valence-corrected chi connectivity index (χ3v) is 17.3. The van der Waals surface area contributed by atoms with E-state index < -0.39 is 20.0 Å². The van der Waals surface area contributed by atoms with Crippen molar-refractivity contribution < 1.29 is 32.9 Å². The maximum absolute atomic E-state index is 13.0. The molecule has 0 aromatic rings. The summed E-state index contributed by atoms with van der Waals surface area (Å²) in [5.74, 6) is -0.183. The number of nitrogens with one attached hydrogen (secondary N) is 1. The summed E-state index contributed by atoms with van der Waals surface area (Å²) in [5.41, 5.74) is 0. The van der Waals surface area contributed by atoms with Gasteiger partial charge in [0.25, 0.3) is 0 Å². The molecule has 8 nitrogen and oxygen atoms in total. The van der Waals surface area contributed by atoms with Crippen molar-refractivity contribution in [1.29, 1.82) is 0 Å². The number of hydrogen-bond donors (Lipinski definition) is 3. The topological polar surface area (TPSA) is 105 Å². The number of likely N-dealkylation sites (N-methyl/N-ethyl adjacent to an activating group) is 1. The summed E-state index contributed by atoms with van der Waals surface area (Å²) in [6, 6.07) is -0.869. The Bertz CT molecular complexity index is 1400. The van der Waals surface area contributed by atoms with E-state index in [0.717, 1.165) is 44.9 Å². The maximum Gasteiger partial charge on any atom is 0.472 e. The Labute approximate surface area is 499 Å². The molecule has 0 saturated heterocycles. The van der Waals surface area contributed by atoms with E-state index in [2.05, 4.69) is 43.5 Å². The molecule has 3 N–H and O–H groups in total. The van der Waals surface area contributed by atoms with Crippen LogP contribution in [0.4, 0.5) is 0 Å². The van der Waals surface area contributed by atoms with Crippen molar-refractivity contribution >= 4 is 13.7 Å². The Morgan fingerprint density at radius 3 is 1.00 bits per heavy atom. The fraction of sp³-hybridized carbons (Fsp3) is 0.901. The molecule has 0 heterocycles. The fourth-order valence-electron chi connectivity index (χ4n) is 10.8. The molecule has 0 fully saturated rings. The number of rotatable bonds is 66. The van der Waals surface area contributed by atoms with Crippen LogP contribution < -0.4 is 5.32 Å². The molecule has 9 heteroatoms. The number of allylic oxidation sites excluding steroid dienone is 5. The van der Waals surface area contributed by atoms with Crippen LogP contribution in [0.15, 0.2) is 36.5 Å². The normalized spacial score (nSPS) is 13.8. The number of hydrogen-bond acceptors (Lipinski definition) is 5. The third-order valence-electron chi connectivity index (χ3n) is 16.3. The summed E-state index contributed by atoms with van der Waals surface area (Å²) in [4.78, 5) is 23.4. The van der Waals surface area contributed by atoms with E-state index in [9.17, 15) is 19.4 Å². The van der Waals surface area contributed by atoms with E-state index in [-0.39, 0.29) is 19.1 Å². The number of unbranched alkanes of at least 4 members (excludes halogenated alkanes) is 49. The van der Waals surface area contributed by atoms with Gasteiger partial charge in [0, 0.05) is 6.42 Å². The number of quaternary nitrogens is 1. The lowest BCUT2D eigenvalue weighted by atomic mass is 10.0. The predicted molar refractivity (Wildman–Crippen MR) is 351 cm³/mol. The molecule has 0 radical (unpaired) electrons. The second kappa shape index (κ2) is 62.3. The lowest BCUT2D eigenvalue weighted by Gasteiger charge is -2.25. The maximum atomic E-state index is 13.0. The van der Waals surface area contributed by atoms with Gasteiger partial charge in [0.15, 0.2) is 0 Å². The summed E-state index contributed by atoms with van der Waals surface area (Å²) < 4.78 is 23.8. The SMILES string of the molecule is CCCCCCCCCCCCCCCCCCCCCC/C=C/CC/C=C/CC/C=C/C(O)C(COP(=O)(O)OCC[N+](C)(C)C)NC(=O)CCCCCCCCCCCCCCCCCCCCCCCCCCCCCC. The van der Waals surface area contributed by atoms with E-state index in [1.807, 2.05) is 27.2 Å². The van der Waals surface area contributed by atoms with E-state index in [0.29, 0.717) is 17.4 Å². The van der Waals surface area contributed by atoms with E-state index in [4.69, 9.17) is 9.05 Å². The number of aliphatic hydroxyl groups is 1. The number of aliphatic hydroxyl groups excluding tert-OH is 1. The highest BCUT2D eigenvalue weighted by atomic mass is 31.2. The fourth-order valence-corrected chi connectivity index (χ4v) is 11.6. The minimum atomic E-state index is -4.36. The van der Waals surface area contributed by atoms with Gasteiger partial charge in [-0.15, -0.1) is 0 Å². The molecule has 0 bridgehead atoms. The molecule has 80 heavy (non-hydrogen) atoms. The van der Waals surface area contributed by atoms with Crippen LogP contribution >= 0.6 is 7.82 Å². The standard InChI is InChI=1S/C71H139N2O6P/c1-6-8-10-12-14-16-18-20-22-24-26-28-30-32-34-36-37-38-40-42-44-46-48-50-52-54-56-58-60-62-64-70(74)69(68-79-80(76,77)78-67-66-73(3,4)5)72-71(75)65-63-61-59-57-55-53-51-49-47-45-43-41-39-35-33-31-29-27-25-23-21-19-17-15-13-11-9-7-2/h46,48,54,56,62,64,69-70,74H,6-45,47,49-53,55,57-61,63,65-68H2,1-5H3,(H-,72,75,76,77)/p+1/b48-46+,56-54+,64-62+. The number of carbonyl (C=O) groups is 1. The first-order valence-corrected chi connectivity index (χ1v) is 36.9. The smallest absolute Gasteiger partial charge is 0.387 e. The molecule has 0 saturated carbocycles. The third kappa shape index (κ3) is 64.3. The van der Waals surface area contributed by atoms with Crippen LogP contribution in [0.3, 0.4) is 0 Å². The largest absolute Gasteiger partial charge is 0.472 e. The number of phosphoric acid groups is 1. The van der Waals surface area contributed by atoms with Gasteiger partial charge in [-0.25, -0.2) is 4.57 Å². The number of amides is 1. The average molecular weight is 1150 g/mol. The van der Waals surface area contributed by atoms with Crippen molar-refractivity contribution in [2.75, 3.05) is 40.9 Å². The first-order chi connectivity index (χ1) is 39.0. The molecular formula is C71H140N2O6P+. The van der Waals surface area contributed by atoms with Crippen LogP contribution in [0.2, 0.25) is 0 Å². The molecular weight excluding hydrogens is 1010 g/mol. The summed E-state index contributed by atoms with van der Waals surface area (Å²) in [6.07, 6.45) is 83.1. The van der Waals surface area contributed by atoms with Crippen LogP contribution in [-0.2, 0) is 18.4 Å². The summed E-state index contributed by atoms with van der Waals surface area (Å²) in [6.45, 7) is 4.85. The Morgan fingerprint density at radius 2 is 0.688 bits per heavy atom. The molecule has 0 spiro atoms. The van der Waals surface area contributed by atoms with Crippen LogP contribution in [0.1, 0.15) is 361 Å². The monoisotopic (exact) mass is 1150 g/mol. The molecule has 0 aliphatic carbocycles. The van der Waals surface area contributed by atoms with E-state index >= 15 is 0 Å². The van der Waals surface area contributed by atoms with Crippen molar-refractivity contribution in [3.8, 4) is 0 Å². The van der Waals surface area contributed by atoms with Crippen LogP contribution in [0.5, 0.6) is 0 Å². The Balaban J connectivity index is 4.10. The quantitative estimate of drug-likeness (QED) is 0.0243. The van der Waals surface area contributed by atoms with E-state index in [1.54, 1.807) is 6.08 Å². The average Bonchev–Trinajstić information content (AvgIpc) is 3.42. The van der Waals surface area contributed by atoms with Crippen molar-refractivity contribution in [1.82, 2.24) is 5.32 Å². The zero-order valence-electron chi connectivity index (χ0n) is 54.3. The summed E-state index contributed by atoms with van der Waals surface area (Å²) >= 11 is 0. The van der Waals surface area contributed by atoms with Gasteiger partial charge in [0.2, 0.25) is 5.91 Å². The van der Waals surface area contributed by atoms with E-state index in [1.165, 1.54) is 295 Å². The molecule has 0 aliphatic heterocycles. The minimum absolute atomic E-state index is 0.0554. The van der Waals surface area contributed by atoms with Gasteiger partial charge in [0.1, 0.15) is 13.2 Å². The molecule has 3 atom stereocenters. The van der Waals surface area contributed by atoms with Gasteiger partial charge < -0.3 is 19.8 Å². The van der Waals surface area contributed by atoms with Crippen LogP contribution in [0.25, 0.3) is 0 Å². The van der Waals surface area contributed by atoms with Gasteiger partial charge in [-0.3, -0.25) is 13.8 Å². The second-order valence-corrected chi connectivity index (χ2v) is 27.1. The summed E-state index contributed by atoms with van der Waals surface area (Å²) in [7, 11) is 1.56. The number of phosphoric ester groups is 1. The number of nitrogens with zero attached hydrogens (tertiary/aromatic N) is 1. The number of carbonyl (C=O) groups excluding carboxylic acids is 1. The van der Waals surface area contributed by atoms with Gasteiger partial charge in [-0.2, -0.15) is 0 Å². The van der Waals surface area contributed by atoms with Crippen LogP contribution in [0, 0.1) is 0 Å². The van der Waals surface area contributed by atoms with Crippen molar-refractivity contribution in [2.24, 2.45) is 0 Å². The van der Waals surface area contributed by atoms with Crippen LogP contribution in [-0.4, -0.2) is 73.4 Å². The second-order valence-electron chi connectivity index (χ2n) is 25.6. The first-order valence-electron chi connectivity index (χ1n) is 35.4. The molecule has 0 rings (SSSR count). The summed E-state index contributed by atoms with van der Waals surface area (Å²) in [5, 5.41) is 14.0. The molecule has 0 aromatic heterocycles.